The Morgan fingerprint density at radius 3 is 2.29 bits per heavy atom. The van der Waals surface area contributed by atoms with Gasteiger partial charge in [0.1, 0.15) is 6.33 Å². The van der Waals surface area contributed by atoms with E-state index in [4.69, 9.17) is 0 Å². The molecule has 2 aromatic heterocycles. The molecule has 2 aromatic carbocycles. The molecule has 0 saturated carbocycles. The van der Waals surface area contributed by atoms with Gasteiger partial charge in [-0.2, -0.15) is 0 Å². The Hall–Kier alpha value is -4.13. The third kappa shape index (κ3) is 5.08. The molecule has 0 aliphatic carbocycles. The van der Waals surface area contributed by atoms with Crippen molar-refractivity contribution in [3.63, 3.8) is 0 Å². The van der Waals surface area contributed by atoms with Crippen molar-refractivity contribution in [3.8, 4) is 5.69 Å². The summed E-state index contributed by atoms with van der Waals surface area (Å²) in [5.41, 5.74) is 2.46. The SMILES string of the molecule is Cn1nnnc1SCC(=O)Nc1ccc(C(=O)Nc2ccc(-n3cnnn3)cc2)cc1. The highest BCUT2D eigenvalue weighted by Gasteiger charge is 2.10. The van der Waals surface area contributed by atoms with Crippen LogP contribution in [0.5, 0.6) is 0 Å². The van der Waals surface area contributed by atoms with Gasteiger partial charge in [0.25, 0.3) is 5.91 Å². The van der Waals surface area contributed by atoms with Gasteiger partial charge >= 0.3 is 0 Å². The predicted molar refractivity (Wildman–Crippen MR) is 112 cm³/mol. The van der Waals surface area contributed by atoms with E-state index in [0.717, 1.165) is 5.69 Å². The summed E-state index contributed by atoms with van der Waals surface area (Å²) < 4.78 is 3.01. The molecule has 2 heterocycles. The van der Waals surface area contributed by atoms with Gasteiger partial charge in [-0.05, 0) is 69.4 Å². The van der Waals surface area contributed by atoms with Gasteiger partial charge in [0.05, 0.1) is 11.4 Å². The second-order valence-electron chi connectivity index (χ2n) is 6.25. The highest BCUT2D eigenvalue weighted by molar-refractivity contribution is 7.99. The van der Waals surface area contributed by atoms with Gasteiger partial charge in [-0.15, -0.1) is 10.2 Å². The van der Waals surface area contributed by atoms with E-state index in [1.807, 2.05) is 0 Å². The van der Waals surface area contributed by atoms with Crippen molar-refractivity contribution in [2.75, 3.05) is 16.4 Å². The third-order valence-electron chi connectivity index (χ3n) is 4.08. The molecule has 0 radical (unpaired) electrons. The van der Waals surface area contributed by atoms with E-state index in [-0.39, 0.29) is 17.6 Å². The largest absolute Gasteiger partial charge is 0.325 e. The summed E-state index contributed by atoms with van der Waals surface area (Å²) in [6.07, 6.45) is 1.49. The van der Waals surface area contributed by atoms with Crippen LogP contribution in [0.25, 0.3) is 5.69 Å². The van der Waals surface area contributed by atoms with E-state index in [0.29, 0.717) is 22.1 Å². The summed E-state index contributed by atoms with van der Waals surface area (Å²) in [4.78, 5) is 24.6. The van der Waals surface area contributed by atoms with Crippen molar-refractivity contribution >= 4 is 35.0 Å². The standard InChI is InChI=1S/C18H16N10O2S/c1-27-18(22-24-25-27)31-10-16(29)20-13-4-2-12(3-5-13)17(30)21-14-6-8-15(9-7-14)28-11-19-23-26-28/h2-9,11H,10H2,1H3,(H,20,29)(H,21,30). The molecule has 0 bridgehead atoms. The third-order valence-corrected chi connectivity index (χ3v) is 5.09. The number of hydrogen-bond acceptors (Lipinski definition) is 9. The van der Waals surface area contributed by atoms with E-state index in [1.165, 1.54) is 27.5 Å². The lowest BCUT2D eigenvalue weighted by molar-refractivity contribution is -0.113. The number of rotatable bonds is 7. The van der Waals surface area contributed by atoms with Crippen LogP contribution in [-0.2, 0) is 11.8 Å². The first-order chi connectivity index (χ1) is 15.1. The Kier molecular flexibility index (Phi) is 5.93. The minimum absolute atomic E-state index is 0.164. The van der Waals surface area contributed by atoms with Crippen molar-refractivity contribution in [2.24, 2.45) is 7.05 Å². The molecule has 13 heteroatoms. The molecule has 0 aliphatic heterocycles. The zero-order valence-electron chi connectivity index (χ0n) is 16.2. The summed E-state index contributed by atoms with van der Waals surface area (Å²) in [5.74, 6) is -0.303. The molecule has 0 atom stereocenters. The van der Waals surface area contributed by atoms with Crippen LogP contribution in [0.1, 0.15) is 10.4 Å². The van der Waals surface area contributed by atoms with Crippen molar-refractivity contribution in [3.05, 3.63) is 60.4 Å². The van der Waals surface area contributed by atoms with Crippen LogP contribution in [0, 0.1) is 0 Å². The van der Waals surface area contributed by atoms with Gasteiger partial charge in [0, 0.05) is 24.0 Å². The fraction of sp³-hybridized carbons (Fsp3) is 0.111. The smallest absolute Gasteiger partial charge is 0.255 e. The molecule has 31 heavy (non-hydrogen) atoms. The normalized spacial score (nSPS) is 10.6. The van der Waals surface area contributed by atoms with Crippen LogP contribution in [0.15, 0.2) is 60.0 Å². The fourth-order valence-electron chi connectivity index (χ4n) is 2.56. The van der Waals surface area contributed by atoms with Gasteiger partial charge in [-0.25, -0.2) is 9.36 Å². The Morgan fingerprint density at radius 2 is 1.65 bits per heavy atom. The predicted octanol–water partition coefficient (Wildman–Crippen LogP) is 1.17. The number of nitrogens with zero attached hydrogens (tertiary/aromatic N) is 8. The number of anilines is 2. The zero-order valence-corrected chi connectivity index (χ0v) is 17.0. The minimum Gasteiger partial charge on any atom is -0.325 e. The Balaban J connectivity index is 1.30. The van der Waals surface area contributed by atoms with E-state index in [1.54, 1.807) is 55.6 Å². The zero-order chi connectivity index (χ0) is 21.6. The minimum atomic E-state index is -0.265. The van der Waals surface area contributed by atoms with Crippen LogP contribution in [0.3, 0.4) is 0 Å². The molecule has 0 aliphatic rings. The van der Waals surface area contributed by atoms with Crippen LogP contribution in [-0.4, -0.2) is 58.0 Å². The summed E-state index contributed by atoms with van der Waals surface area (Å²) in [6.45, 7) is 0. The number of carbonyl (C=O) groups excluding carboxylic acids is 2. The Morgan fingerprint density at radius 1 is 0.935 bits per heavy atom. The molecule has 156 valence electrons. The summed E-state index contributed by atoms with van der Waals surface area (Å²) in [6, 6.07) is 13.7. The number of tetrazole rings is 2. The fourth-order valence-corrected chi connectivity index (χ4v) is 3.21. The number of thioether (sulfide) groups is 1. The lowest BCUT2D eigenvalue weighted by Crippen LogP contribution is -2.15. The first-order valence-corrected chi connectivity index (χ1v) is 9.97. The molecular weight excluding hydrogens is 420 g/mol. The van der Waals surface area contributed by atoms with Crippen LogP contribution < -0.4 is 10.6 Å². The van der Waals surface area contributed by atoms with Gasteiger partial charge in [0.2, 0.25) is 11.1 Å². The molecule has 2 N–H and O–H groups in total. The molecule has 0 fully saturated rings. The number of hydrogen-bond donors (Lipinski definition) is 2. The average molecular weight is 436 g/mol. The lowest BCUT2D eigenvalue weighted by atomic mass is 10.2. The topological polar surface area (TPSA) is 145 Å². The molecule has 4 rings (SSSR count). The molecule has 0 unspecified atom stereocenters. The number of aryl methyl sites for hydroxylation is 1. The highest BCUT2D eigenvalue weighted by atomic mass is 32.2. The van der Waals surface area contributed by atoms with Crippen molar-refractivity contribution in [1.29, 1.82) is 0 Å². The van der Waals surface area contributed by atoms with E-state index < -0.39 is 0 Å². The maximum Gasteiger partial charge on any atom is 0.255 e. The monoisotopic (exact) mass is 436 g/mol. The maximum atomic E-state index is 12.5. The number of nitrogens with one attached hydrogen (secondary N) is 2. The van der Waals surface area contributed by atoms with E-state index >= 15 is 0 Å². The van der Waals surface area contributed by atoms with E-state index in [9.17, 15) is 9.59 Å². The van der Waals surface area contributed by atoms with Crippen LogP contribution >= 0.6 is 11.8 Å². The second kappa shape index (κ2) is 9.13. The lowest BCUT2D eigenvalue weighted by Gasteiger charge is -2.08. The molecule has 2 amide bonds. The first kappa shape index (κ1) is 20.2. The van der Waals surface area contributed by atoms with Gasteiger partial charge < -0.3 is 10.6 Å². The number of carbonyl (C=O) groups is 2. The highest BCUT2D eigenvalue weighted by Crippen LogP contribution is 2.16. The summed E-state index contributed by atoms with van der Waals surface area (Å²) in [5, 5.41) is 28.2. The van der Waals surface area contributed by atoms with Crippen molar-refractivity contribution in [2.45, 2.75) is 5.16 Å². The molecule has 4 aromatic rings. The second-order valence-corrected chi connectivity index (χ2v) is 7.20. The van der Waals surface area contributed by atoms with E-state index in [2.05, 4.69) is 41.7 Å². The molecule has 0 spiro atoms. The summed E-state index contributed by atoms with van der Waals surface area (Å²) in [7, 11) is 1.70. The van der Waals surface area contributed by atoms with Gasteiger partial charge in [-0.3, -0.25) is 9.59 Å². The number of benzene rings is 2. The molecule has 0 saturated heterocycles. The summed E-state index contributed by atoms with van der Waals surface area (Å²) >= 11 is 1.23. The van der Waals surface area contributed by atoms with Crippen molar-refractivity contribution < 1.29 is 9.59 Å². The Bertz CT molecular complexity index is 1170. The average Bonchev–Trinajstić information content (AvgIpc) is 3.45. The molecule has 12 nitrogen and oxygen atoms in total. The number of aromatic nitrogens is 8. The quantitative estimate of drug-likeness (QED) is 0.408. The first-order valence-electron chi connectivity index (χ1n) is 8.98. The number of amides is 2. The van der Waals surface area contributed by atoms with Crippen LogP contribution in [0.4, 0.5) is 11.4 Å². The van der Waals surface area contributed by atoms with Crippen LogP contribution in [0.2, 0.25) is 0 Å². The molecular formula is C18H16N10O2S. The van der Waals surface area contributed by atoms with Gasteiger partial charge in [-0.1, -0.05) is 11.8 Å². The Labute approximate surface area is 180 Å². The van der Waals surface area contributed by atoms with Gasteiger partial charge in [0.15, 0.2) is 0 Å². The van der Waals surface area contributed by atoms with Crippen molar-refractivity contribution in [1.82, 2.24) is 40.4 Å². The maximum absolute atomic E-state index is 12.5.